The maximum atomic E-state index is 10.7. The van der Waals surface area contributed by atoms with Gasteiger partial charge in [-0.2, -0.15) is 4.98 Å². The van der Waals surface area contributed by atoms with Crippen LogP contribution >= 0.6 is 0 Å². The molecule has 0 amide bonds. The van der Waals surface area contributed by atoms with Crippen LogP contribution in [0, 0.1) is 10.1 Å². The van der Waals surface area contributed by atoms with E-state index in [2.05, 4.69) is 15.3 Å². The van der Waals surface area contributed by atoms with E-state index in [9.17, 15) is 15.2 Å². The molecule has 0 aromatic carbocycles. The van der Waals surface area contributed by atoms with Crippen molar-refractivity contribution in [2.24, 2.45) is 0 Å². The first-order valence-corrected chi connectivity index (χ1v) is 5.09. The second-order valence-corrected chi connectivity index (χ2v) is 3.92. The van der Waals surface area contributed by atoms with E-state index in [1.165, 1.54) is 0 Å². The van der Waals surface area contributed by atoms with Crippen LogP contribution in [0.3, 0.4) is 0 Å². The van der Waals surface area contributed by atoms with E-state index >= 15 is 0 Å². The second-order valence-electron chi connectivity index (χ2n) is 3.92. The van der Waals surface area contributed by atoms with Gasteiger partial charge < -0.3 is 16.2 Å². The lowest BCUT2D eigenvalue weighted by Crippen LogP contribution is -2.32. The number of nitrogens with two attached hydrogens (primary N) is 1. The third-order valence-corrected chi connectivity index (χ3v) is 2.38. The summed E-state index contributed by atoms with van der Waals surface area (Å²) in [5, 5.41) is 23.2. The molecule has 0 aliphatic heterocycles. The minimum absolute atomic E-state index is 0.0104. The van der Waals surface area contributed by atoms with Gasteiger partial charge in [-0.05, 0) is 13.3 Å². The van der Waals surface area contributed by atoms with E-state index in [1.807, 2.05) is 6.92 Å². The lowest BCUT2D eigenvalue weighted by molar-refractivity contribution is -0.384. The van der Waals surface area contributed by atoms with Gasteiger partial charge in [-0.15, -0.1) is 0 Å². The molecule has 1 atom stereocenters. The molecule has 0 radical (unpaired) electrons. The number of anilines is 2. The zero-order valence-electron chi connectivity index (χ0n) is 9.67. The number of rotatable bonds is 5. The molecule has 0 aliphatic carbocycles. The monoisotopic (exact) mass is 241 g/mol. The Kier molecular flexibility index (Phi) is 3.79. The van der Waals surface area contributed by atoms with Crippen molar-refractivity contribution in [2.75, 3.05) is 17.6 Å². The van der Waals surface area contributed by atoms with Gasteiger partial charge in [0.15, 0.2) is 0 Å². The van der Waals surface area contributed by atoms with Crippen LogP contribution in [0.15, 0.2) is 6.20 Å². The molecule has 1 aromatic heterocycles. The molecule has 17 heavy (non-hydrogen) atoms. The van der Waals surface area contributed by atoms with Gasteiger partial charge in [0.1, 0.15) is 6.20 Å². The maximum absolute atomic E-state index is 10.7. The Morgan fingerprint density at radius 2 is 2.35 bits per heavy atom. The van der Waals surface area contributed by atoms with Gasteiger partial charge in [-0.3, -0.25) is 10.1 Å². The molecule has 0 spiro atoms. The lowest BCUT2D eigenvalue weighted by Gasteiger charge is -2.21. The normalized spacial score (nSPS) is 14.1. The van der Waals surface area contributed by atoms with Crippen molar-refractivity contribution < 1.29 is 10.0 Å². The Morgan fingerprint density at radius 1 is 1.71 bits per heavy atom. The molecule has 1 unspecified atom stereocenters. The molecule has 1 aromatic rings. The Bertz CT molecular complexity index is 421. The Balaban J connectivity index is 2.89. The minimum Gasteiger partial charge on any atom is -0.388 e. The third kappa shape index (κ3) is 3.52. The number of aromatic nitrogens is 2. The molecular formula is C9H15N5O3. The van der Waals surface area contributed by atoms with Crippen LogP contribution < -0.4 is 11.1 Å². The van der Waals surface area contributed by atoms with Gasteiger partial charge in [0, 0.05) is 6.54 Å². The van der Waals surface area contributed by atoms with Crippen molar-refractivity contribution in [3.05, 3.63) is 16.3 Å². The smallest absolute Gasteiger partial charge is 0.329 e. The van der Waals surface area contributed by atoms with E-state index < -0.39 is 10.5 Å². The van der Waals surface area contributed by atoms with Crippen molar-refractivity contribution >= 4 is 17.5 Å². The molecule has 1 heterocycles. The molecule has 0 aliphatic rings. The summed E-state index contributed by atoms with van der Waals surface area (Å²) in [7, 11) is 0. The van der Waals surface area contributed by atoms with Crippen molar-refractivity contribution in [3.63, 3.8) is 0 Å². The molecular weight excluding hydrogens is 226 g/mol. The highest BCUT2D eigenvalue weighted by atomic mass is 16.6. The van der Waals surface area contributed by atoms with E-state index in [0.717, 1.165) is 6.20 Å². The summed E-state index contributed by atoms with van der Waals surface area (Å²) in [6, 6.07) is 0. The first-order valence-electron chi connectivity index (χ1n) is 5.09. The Morgan fingerprint density at radius 3 is 2.88 bits per heavy atom. The highest BCUT2D eigenvalue weighted by Gasteiger charge is 2.21. The molecule has 0 fully saturated rings. The fourth-order valence-corrected chi connectivity index (χ4v) is 1.05. The molecule has 8 heteroatoms. The van der Waals surface area contributed by atoms with Crippen molar-refractivity contribution in [3.8, 4) is 0 Å². The number of nitrogens with zero attached hydrogens (tertiary/aromatic N) is 3. The fraction of sp³-hybridized carbons (Fsp3) is 0.556. The van der Waals surface area contributed by atoms with E-state index in [0.29, 0.717) is 6.42 Å². The summed E-state index contributed by atoms with van der Waals surface area (Å²) in [6.07, 6.45) is 1.54. The first kappa shape index (κ1) is 13.1. The quantitative estimate of drug-likeness (QED) is 0.507. The van der Waals surface area contributed by atoms with Crippen LogP contribution in [-0.2, 0) is 0 Å². The summed E-state index contributed by atoms with van der Waals surface area (Å²) in [5.41, 5.74) is 4.12. The predicted molar refractivity (Wildman–Crippen MR) is 62.5 cm³/mol. The summed E-state index contributed by atoms with van der Waals surface area (Å²) in [6.45, 7) is 3.57. The summed E-state index contributed by atoms with van der Waals surface area (Å²) in [4.78, 5) is 17.4. The molecule has 0 saturated carbocycles. The Hall–Kier alpha value is -1.96. The SMILES string of the molecule is CCC(C)(O)CNc1nc(N)ncc1[N+](=O)[O-]. The highest BCUT2D eigenvalue weighted by molar-refractivity contribution is 5.56. The Labute approximate surface area is 98.0 Å². The van der Waals surface area contributed by atoms with Crippen molar-refractivity contribution in [2.45, 2.75) is 25.9 Å². The first-order chi connectivity index (χ1) is 7.85. The number of aliphatic hydroxyl groups is 1. The molecule has 8 nitrogen and oxygen atoms in total. The largest absolute Gasteiger partial charge is 0.388 e. The maximum Gasteiger partial charge on any atom is 0.329 e. The number of nitrogens with one attached hydrogen (secondary N) is 1. The van der Waals surface area contributed by atoms with Crippen LogP contribution in [-0.4, -0.2) is 32.1 Å². The topological polar surface area (TPSA) is 127 Å². The van der Waals surface area contributed by atoms with Gasteiger partial charge >= 0.3 is 5.69 Å². The third-order valence-electron chi connectivity index (χ3n) is 2.38. The molecule has 1 rings (SSSR count). The van der Waals surface area contributed by atoms with Gasteiger partial charge in [-0.1, -0.05) is 6.92 Å². The van der Waals surface area contributed by atoms with Crippen LogP contribution in [0.2, 0.25) is 0 Å². The number of hydrogen-bond acceptors (Lipinski definition) is 7. The van der Waals surface area contributed by atoms with Gasteiger partial charge in [0.2, 0.25) is 11.8 Å². The fourth-order valence-electron chi connectivity index (χ4n) is 1.05. The standard InChI is InChI=1S/C9H15N5O3/c1-3-9(2,15)5-12-7-6(14(16)17)4-11-8(10)13-7/h4,15H,3,5H2,1-2H3,(H3,10,11,12,13). The lowest BCUT2D eigenvalue weighted by atomic mass is 10.0. The van der Waals surface area contributed by atoms with Gasteiger partial charge in [-0.25, -0.2) is 4.98 Å². The van der Waals surface area contributed by atoms with Crippen molar-refractivity contribution in [1.29, 1.82) is 0 Å². The van der Waals surface area contributed by atoms with Crippen LogP contribution in [0.4, 0.5) is 17.5 Å². The van der Waals surface area contributed by atoms with Crippen molar-refractivity contribution in [1.82, 2.24) is 9.97 Å². The zero-order valence-corrected chi connectivity index (χ0v) is 9.67. The van der Waals surface area contributed by atoms with E-state index in [1.54, 1.807) is 6.92 Å². The summed E-state index contributed by atoms with van der Waals surface area (Å²) < 4.78 is 0. The average Bonchev–Trinajstić information content (AvgIpc) is 2.26. The zero-order chi connectivity index (χ0) is 13.1. The predicted octanol–water partition coefficient (Wildman–Crippen LogP) is 0.540. The molecule has 4 N–H and O–H groups in total. The molecule has 94 valence electrons. The number of nitrogen functional groups attached to an aromatic ring is 1. The van der Waals surface area contributed by atoms with Gasteiger partial charge in [0.05, 0.1) is 10.5 Å². The summed E-state index contributed by atoms with van der Waals surface area (Å²) >= 11 is 0. The number of nitro groups is 1. The number of hydrogen-bond donors (Lipinski definition) is 3. The second kappa shape index (κ2) is 4.91. The molecule has 0 bridgehead atoms. The summed E-state index contributed by atoms with van der Waals surface area (Å²) in [5.74, 6) is -0.0505. The highest BCUT2D eigenvalue weighted by Crippen LogP contribution is 2.22. The van der Waals surface area contributed by atoms with Crippen LogP contribution in [0.1, 0.15) is 20.3 Å². The van der Waals surface area contributed by atoms with Crippen LogP contribution in [0.25, 0.3) is 0 Å². The molecule has 0 saturated heterocycles. The van der Waals surface area contributed by atoms with E-state index in [-0.39, 0.29) is 24.0 Å². The average molecular weight is 241 g/mol. The minimum atomic E-state index is -0.965. The van der Waals surface area contributed by atoms with Crippen LogP contribution in [0.5, 0.6) is 0 Å². The van der Waals surface area contributed by atoms with E-state index in [4.69, 9.17) is 5.73 Å². The van der Waals surface area contributed by atoms with Gasteiger partial charge in [0.25, 0.3) is 0 Å².